The van der Waals surface area contributed by atoms with E-state index in [4.69, 9.17) is 0 Å². The van der Waals surface area contributed by atoms with Crippen LogP contribution in [0.15, 0.2) is 12.4 Å². The van der Waals surface area contributed by atoms with Crippen molar-refractivity contribution in [1.29, 1.82) is 0 Å². The minimum atomic E-state index is -2.80. The zero-order chi connectivity index (χ0) is 9.19. The third-order valence-electron chi connectivity index (χ3n) is 1.23. The summed E-state index contributed by atoms with van der Waals surface area (Å²) in [6.07, 6.45) is 3.10. The minimum absolute atomic E-state index is 0.305. The molecule has 0 fully saturated rings. The Morgan fingerprint density at radius 2 is 2.42 bits per heavy atom. The Kier molecular flexibility index (Phi) is 2.21. The molecule has 1 aromatic heterocycles. The summed E-state index contributed by atoms with van der Waals surface area (Å²) in [4.78, 5) is 10.1. The number of alkyl halides is 2. The summed E-state index contributed by atoms with van der Waals surface area (Å²) in [6.45, 7) is 0.302. The second-order valence-electron chi connectivity index (χ2n) is 2.66. The van der Waals surface area contributed by atoms with E-state index in [0.29, 0.717) is 11.8 Å². The molecule has 12 heavy (non-hydrogen) atoms. The number of nitrogens with zero attached hydrogens (tertiary/aromatic N) is 2. The van der Waals surface area contributed by atoms with Gasteiger partial charge in [-0.25, -0.2) is 8.78 Å². The first-order chi connectivity index (χ1) is 5.51. The molecule has 0 N–H and O–H groups in total. The van der Waals surface area contributed by atoms with Crippen LogP contribution in [0.25, 0.3) is 0 Å². The van der Waals surface area contributed by atoms with Crippen LogP contribution in [0.5, 0.6) is 0 Å². The number of halogens is 2. The topological polar surface area (TPSA) is 34.9 Å². The summed E-state index contributed by atoms with van der Waals surface area (Å²) < 4.78 is 25.8. The van der Waals surface area contributed by atoms with Crippen molar-refractivity contribution < 1.29 is 13.6 Å². The number of aromatic nitrogens is 2. The van der Waals surface area contributed by atoms with Gasteiger partial charge in [0.25, 0.3) is 5.92 Å². The Hall–Kier alpha value is -1.26. The number of hydrogen-bond donors (Lipinski definition) is 0. The highest BCUT2D eigenvalue weighted by molar-refractivity contribution is 5.73. The summed E-state index contributed by atoms with van der Waals surface area (Å²) in [5, 5.41) is 3.58. The van der Waals surface area contributed by atoms with Crippen molar-refractivity contribution in [1.82, 2.24) is 9.78 Å². The lowest BCUT2D eigenvalue weighted by molar-refractivity contribution is 0.000564. The van der Waals surface area contributed by atoms with Crippen molar-refractivity contribution in [3.8, 4) is 0 Å². The highest BCUT2D eigenvalue weighted by Gasteiger charge is 2.21. The van der Waals surface area contributed by atoms with Gasteiger partial charge in [0.1, 0.15) is 6.54 Å². The molecule has 5 heteroatoms. The molecule has 0 bridgehead atoms. The molecule has 66 valence electrons. The van der Waals surface area contributed by atoms with Crippen molar-refractivity contribution in [2.24, 2.45) is 0 Å². The first-order valence-electron chi connectivity index (χ1n) is 3.37. The number of carbonyl (C=O) groups is 1. The molecule has 3 nitrogen and oxygen atoms in total. The van der Waals surface area contributed by atoms with Gasteiger partial charge in [0, 0.05) is 13.1 Å². The zero-order valence-corrected chi connectivity index (χ0v) is 6.50. The van der Waals surface area contributed by atoms with Crippen LogP contribution in [-0.2, 0) is 6.54 Å². The standard InChI is InChI=1S/C7H8F2N2O/c1-7(8,9)5-11-3-6(4-12)2-10-11/h2-4H,5H2,1H3. The van der Waals surface area contributed by atoms with Crippen molar-refractivity contribution in [2.75, 3.05) is 0 Å². The molecule has 1 aromatic rings. The Morgan fingerprint density at radius 1 is 1.75 bits per heavy atom. The largest absolute Gasteiger partial charge is 0.298 e. The Balaban J connectivity index is 2.70. The van der Waals surface area contributed by atoms with Crippen LogP contribution in [0, 0.1) is 0 Å². The van der Waals surface area contributed by atoms with E-state index in [1.165, 1.54) is 12.4 Å². The second kappa shape index (κ2) is 3.00. The molecule has 0 unspecified atom stereocenters. The lowest BCUT2D eigenvalue weighted by Crippen LogP contribution is -2.19. The highest BCUT2D eigenvalue weighted by atomic mass is 19.3. The number of rotatable bonds is 3. The van der Waals surface area contributed by atoms with Gasteiger partial charge in [-0.05, 0) is 0 Å². The van der Waals surface area contributed by atoms with Gasteiger partial charge in [-0.1, -0.05) is 0 Å². The number of hydrogen-bond acceptors (Lipinski definition) is 2. The molecule has 0 spiro atoms. The average Bonchev–Trinajstić information content (AvgIpc) is 2.32. The summed E-state index contributed by atoms with van der Waals surface area (Å²) >= 11 is 0. The molecule has 0 aliphatic heterocycles. The van der Waals surface area contributed by atoms with Gasteiger partial charge in [0.15, 0.2) is 6.29 Å². The molecule has 1 heterocycles. The summed E-state index contributed by atoms with van der Waals surface area (Å²) in [5.74, 6) is -2.80. The fraction of sp³-hybridized carbons (Fsp3) is 0.429. The van der Waals surface area contributed by atoms with Gasteiger partial charge in [-0.2, -0.15) is 5.10 Å². The quantitative estimate of drug-likeness (QED) is 0.648. The first kappa shape index (κ1) is 8.83. The Morgan fingerprint density at radius 3 is 2.83 bits per heavy atom. The molecule has 0 amide bonds. The third kappa shape index (κ3) is 2.41. The maximum absolute atomic E-state index is 12.4. The minimum Gasteiger partial charge on any atom is -0.298 e. The zero-order valence-electron chi connectivity index (χ0n) is 6.50. The molecule has 1 rings (SSSR count). The molecule has 0 atom stereocenters. The van der Waals surface area contributed by atoms with Crippen LogP contribution >= 0.6 is 0 Å². The highest BCUT2D eigenvalue weighted by Crippen LogP contribution is 2.13. The maximum Gasteiger partial charge on any atom is 0.264 e. The number of aldehydes is 1. The van der Waals surface area contributed by atoms with E-state index in [2.05, 4.69) is 5.10 Å². The van der Waals surface area contributed by atoms with Gasteiger partial charge in [-0.15, -0.1) is 0 Å². The van der Waals surface area contributed by atoms with Crippen molar-refractivity contribution in [3.63, 3.8) is 0 Å². The van der Waals surface area contributed by atoms with Gasteiger partial charge < -0.3 is 0 Å². The smallest absolute Gasteiger partial charge is 0.264 e. The predicted octanol–water partition coefficient (Wildman–Crippen LogP) is 1.35. The summed E-state index contributed by atoms with van der Waals surface area (Å²) in [7, 11) is 0. The monoisotopic (exact) mass is 174 g/mol. The van der Waals surface area contributed by atoms with Crippen LogP contribution < -0.4 is 0 Å². The van der Waals surface area contributed by atoms with Crippen LogP contribution in [-0.4, -0.2) is 22.0 Å². The van der Waals surface area contributed by atoms with E-state index in [1.807, 2.05) is 0 Å². The first-order valence-corrected chi connectivity index (χ1v) is 3.37. The lowest BCUT2D eigenvalue weighted by Gasteiger charge is -2.08. The van der Waals surface area contributed by atoms with Crippen LogP contribution in [0.4, 0.5) is 8.78 Å². The third-order valence-corrected chi connectivity index (χ3v) is 1.23. The van der Waals surface area contributed by atoms with Crippen LogP contribution in [0.2, 0.25) is 0 Å². The van der Waals surface area contributed by atoms with Crippen LogP contribution in [0.1, 0.15) is 17.3 Å². The molecule has 0 aromatic carbocycles. The van der Waals surface area contributed by atoms with Gasteiger partial charge in [0.2, 0.25) is 0 Å². The van der Waals surface area contributed by atoms with Gasteiger partial charge >= 0.3 is 0 Å². The van der Waals surface area contributed by atoms with Crippen molar-refractivity contribution in [3.05, 3.63) is 18.0 Å². The summed E-state index contributed by atoms with van der Waals surface area (Å²) in [5.41, 5.74) is 0.305. The van der Waals surface area contributed by atoms with Gasteiger partial charge in [0.05, 0.1) is 11.8 Å². The maximum atomic E-state index is 12.4. The van der Waals surface area contributed by atoms with E-state index in [0.717, 1.165) is 11.6 Å². The lowest BCUT2D eigenvalue weighted by atomic mass is 10.4. The van der Waals surface area contributed by atoms with E-state index >= 15 is 0 Å². The molecule has 0 saturated heterocycles. The van der Waals surface area contributed by atoms with E-state index < -0.39 is 12.5 Å². The molecule has 0 radical (unpaired) electrons. The molecule has 0 saturated carbocycles. The van der Waals surface area contributed by atoms with Crippen molar-refractivity contribution in [2.45, 2.75) is 19.4 Å². The SMILES string of the molecule is CC(F)(F)Cn1cc(C=O)cn1. The normalized spacial score (nSPS) is 11.6. The Bertz CT molecular complexity index is 277. The average molecular weight is 174 g/mol. The molecule has 0 aliphatic carbocycles. The number of carbonyl (C=O) groups excluding carboxylic acids is 1. The molecule has 0 aliphatic rings. The fourth-order valence-corrected chi connectivity index (χ4v) is 0.811. The van der Waals surface area contributed by atoms with E-state index in [1.54, 1.807) is 0 Å². The van der Waals surface area contributed by atoms with Crippen LogP contribution in [0.3, 0.4) is 0 Å². The second-order valence-corrected chi connectivity index (χ2v) is 2.66. The van der Waals surface area contributed by atoms with E-state index in [-0.39, 0.29) is 0 Å². The predicted molar refractivity (Wildman–Crippen MR) is 38.2 cm³/mol. The van der Waals surface area contributed by atoms with E-state index in [9.17, 15) is 13.6 Å². The molecular formula is C7H8F2N2O. The summed E-state index contributed by atoms with van der Waals surface area (Å²) in [6, 6.07) is 0. The molecular weight excluding hydrogens is 166 g/mol. The van der Waals surface area contributed by atoms with Gasteiger partial charge in [-0.3, -0.25) is 9.48 Å². The van der Waals surface area contributed by atoms with Crippen molar-refractivity contribution >= 4 is 6.29 Å². The Labute approximate surface area is 68.0 Å². The fourth-order valence-electron chi connectivity index (χ4n) is 0.811.